The molecule has 0 aliphatic carbocycles. The zero-order valence-electron chi connectivity index (χ0n) is 10.6. The van der Waals surface area contributed by atoms with Crippen molar-refractivity contribution in [2.24, 2.45) is 5.92 Å². The first kappa shape index (κ1) is 15.0. The molecular weight excluding hydrogens is 250 g/mol. The molecule has 19 heavy (non-hydrogen) atoms. The second kappa shape index (κ2) is 7.38. The Morgan fingerprint density at radius 2 is 2.11 bits per heavy atom. The average molecular weight is 267 g/mol. The summed E-state index contributed by atoms with van der Waals surface area (Å²) < 4.78 is 5.07. The number of methoxy groups -OCH3 is 1. The third-order valence-corrected chi connectivity index (χ3v) is 2.62. The van der Waals surface area contributed by atoms with Gasteiger partial charge in [-0.1, -0.05) is 12.1 Å². The van der Waals surface area contributed by atoms with E-state index >= 15 is 0 Å². The number of carboxylic acid groups (broad SMARTS) is 2. The molecule has 6 nitrogen and oxygen atoms in total. The van der Waals surface area contributed by atoms with Gasteiger partial charge in [0.1, 0.15) is 5.75 Å². The normalized spacial score (nSPS) is 11.8. The largest absolute Gasteiger partial charge is 0.497 e. The molecule has 1 unspecified atom stereocenters. The number of hydrogen-bond acceptors (Lipinski definition) is 4. The van der Waals surface area contributed by atoms with E-state index in [0.717, 1.165) is 11.3 Å². The van der Waals surface area contributed by atoms with Crippen molar-refractivity contribution in [1.82, 2.24) is 5.32 Å². The number of hydrogen-bond donors (Lipinski definition) is 3. The van der Waals surface area contributed by atoms with Crippen molar-refractivity contribution in [1.29, 1.82) is 0 Å². The summed E-state index contributed by atoms with van der Waals surface area (Å²) in [7, 11) is 1.57. The molecule has 1 rings (SSSR count). The molecule has 0 aliphatic rings. The fourth-order valence-corrected chi connectivity index (χ4v) is 1.63. The molecule has 1 atom stereocenters. The van der Waals surface area contributed by atoms with Crippen LogP contribution >= 0.6 is 0 Å². The highest BCUT2D eigenvalue weighted by Crippen LogP contribution is 2.12. The zero-order valence-corrected chi connectivity index (χ0v) is 10.6. The molecule has 0 fully saturated rings. The first-order chi connectivity index (χ1) is 9.02. The zero-order chi connectivity index (χ0) is 14.3. The lowest BCUT2D eigenvalue weighted by molar-refractivity contribution is -0.148. The number of carboxylic acids is 2. The highest BCUT2D eigenvalue weighted by Gasteiger charge is 2.20. The number of benzene rings is 1. The van der Waals surface area contributed by atoms with Crippen molar-refractivity contribution < 1.29 is 24.5 Å². The SMILES string of the molecule is COc1cccc(CNCC(CC(=O)O)C(=O)O)c1. The van der Waals surface area contributed by atoms with Crippen LogP contribution in [0.2, 0.25) is 0 Å². The van der Waals surface area contributed by atoms with Crippen molar-refractivity contribution in [3.63, 3.8) is 0 Å². The number of nitrogens with one attached hydrogen (secondary N) is 1. The van der Waals surface area contributed by atoms with Crippen molar-refractivity contribution in [3.05, 3.63) is 29.8 Å². The maximum Gasteiger partial charge on any atom is 0.308 e. The van der Waals surface area contributed by atoms with Crippen LogP contribution in [0.1, 0.15) is 12.0 Å². The number of carbonyl (C=O) groups is 2. The van der Waals surface area contributed by atoms with Crippen LogP contribution in [0.3, 0.4) is 0 Å². The van der Waals surface area contributed by atoms with Crippen LogP contribution in [0.25, 0.3) is 0 Å². The number of rotatable bonds is 8. The van der Waals surface area contributed by atoms with Gasteiger partial charge in [-0.25, -0.2) is 0 Å². The smallest absolute Gasteiger partial charge is 0.308 e. The van der Waals surface area contributed by atoms with E-state index in [1.807, 2.05) is 24.3 Å². The monoisotopic (exact) mass is 267 g/mol. The maximum atomic E-state index is 10.9. The molecule has 3 N–H and O–H groups in total. The summed E-state index contributed by atoms with van der Waals surface area (Å²) in [5.74, 6) is -2.43. The van der Waals surface area contributed by atoms with Crippen LogP contribution in [0.5, 0.6) is 5.75 Å². The summed E-state index contributed by atoms with van der Waals surface area (Å²) in [4.78, 5) is 21.4. The van der Waals surface area contributed by atoms with Gasteiger partial charge >= 0.3 is 11.9 Å². The second-order valence-electron chi connectivity index (χ2n) is 4.12. The van der Waals surface area contributed by atoms with Crippen LogP contribution in [0, 0.1) is 5.92 Å². The standard InChI is InChI=1S/C13H17NO5/c1-19-11-4-2-3-9(5-11)7-14-8-10(13(17)18)6-12(15)16/h2-5,10,14H,6-8H2,1H3,(H,15,16)(H,17,18). The molecular formula is C13H17NO5. The van der Waals surface area contributed by atoms with Crippen LogP contribution in [-0.2, 0) is 16.1 Å². The average Bonchev–Trinajstić information content (AvgIpc) is 2.37. The Labute approximate surface area is 111 Å². The molecule has 0 aromatic heterocycles. The Morgan fingerprint density at radius 3 is 2.68 bits per heavy atom. The highest BCUT2D eigenvalue weighted by molar-refractivity contribution is 5.77. The Bertz CT molecular complexity index is 446. The highest BCUT2D eigenvalue weighted by atomic mass is 16.5. The van der Waals surface area contributed by atoms with Crippen molar-refractivity contribution >= 4 is 11.9 Å². The Morgan fingerprint density at radius 1 is 1.37 bits per heavy atom. The summed E-state index contributed by atoms with van der Waals surface area (Å²) >= 11 is 0. The molecule has 0 saturated carbocycles. The van der Waals surface area contributed by atoms with Gasteiger partial charge < -0.3 is 20.3 Å². The van der Waals surface area contributed by atoms with Gasteiger partial charge in [0.05, 0.1) is 19.4 Å². The predicted molar refractivity (Wildman–Crippen MR) is 68.1 cm³/mol. The van der Waals surface area contributed by atoms with E-state index in [4.69, 9.17) is 14.9 Å². The minimum Gasteiger partial charge on any atom is -0.497 e. The molecule has 0 amide bonds. The molecule has 1 aromatic rings. The maximum absolute atomic E-state index is 10.9. The summed E-state index contributed by atoms with van der Waals surface area (Å²) in [5.41, 5.74) is 0.943. The fourth-order valence-electron chi connectivity index (χ4n) is 1.63. The van der Waals surface area contributed by atoms with Gasteiger partial charge in [0.2, 0.25) is 0 Å². The van der Waals surface area contributed by atoms with Gasteiger partial charge in [-0.3, -0.25) is 9.59 Å². The molecule has 0 aliphatic heterocycles. The van der Waals surface area contributed by atoms with E-state index in [1.165, 1.54) is 0 Å². The second-order valence-corrected chi connectivity index (χ2v) is 4.12. The summed E-state index contributed by atoms with van der Waals surface area (Å²) in [6.07, 6.45) is -0.388. The van der Waals surface area contributed by atoms with Gasteiger partial charge in [0.15, 0.2) is 0 Å². The lowest BCUT2D eigenvalue weighted by Crippen LogP contribution is -2.30. The minimum absolute atomic E-state index is 0.110. The summed E-state index contributed by atoms with van der Waals surface area (Å²) in [6, 6.07) is 7.36. The quantitative estimate of drug-likeness (QED) is 0.649. The number of ether oxygens (including phenoxy) is 1. The topological polar surface area (TPSA) is 95.9 Å². The lowest BCUT2D eigenvalue weighted by Gasteiger charge is -2.11. The first-order valence-electron chi connectivity index (χ1n) is 5.81. The molecule has 1 aromatic carbocycles. The Hall–Kier alpha value is -2.08. The summed E-state index contributed by atoms with van der Waals surface area (Å²) in [5, 5.41) is 20.4. The molecule has 0 saturated heterocycles. The fraction of sp³-hybridized carbons (Fsp3) is 0.385. The third-order valence-electron chi connectivity index (χ3n) is 2.62. The van der Waals surface area contributed by atoms with Crippen molar-refractivity contribution in [2.45, 2.75) is 13.0 Å². The minimum atomic E-state index is -1.12. The Balaban J connectivity index is 2.47. The molecule has 0 radical (unpaired) electrons. The van der Waals surface area contributed by atoms with Crippen molar-refractivity contribution in [3.8, 4) is 5.75 Å². The van der Waals surface area contributed by atoms with Crippen molar-refractivity contribution in [2.75, 3.05) is 13.7 Å². The molecule has 6 heteroatoms. The molecule has 0 spiro atoms. The van der Waals surface area contributed by atoms with E-state index in [-0.39, 0.29) is 13.0 Å². The van der Waals surface area contributed by atoms with E-state index < -0.39 is 17.9 Å². The van der Waals surface area contributed by atoms with Gasteiger partial charge in [0.25, 0.3) is 0 Å². The number of aliphatic carboxylic acids is 2. The van der Waals surface area contributed by atoms with Gasteiger partial charge in [-0.2, -0.15) is 0 Å². The van der Waals surface area contributed by atoms with E-state index in [1.54, 1.807) is 7.11 Å². The lowest BCUT2D eigenvalue weighted by atomic mass is 10.1. The molecule has 0 bridgehead atoms. The predicted octanol–water partition coefficient (Wildman–Crippen LogP) is 0.960. The van der Waals surface area contributed by atoms with E-state index in [0.29, 0.717) is 6.54 Å². The van der Waals surface area contributed by atoms with Crippen LogP contribution in [-0.4, -0.2) is 35.8 Å². The van der Waals surface area contributed by atoms with E-state index in [2.05, 4.69) is 5.32 Å². The van der Waals surface area contributed by atoms with E-state index in [9.17, 15) is 9.59 Å². The van der Waals surface area contributed by atoms with Crippen LogP contribution in [0.4, 0.5) is 0 Å². The Kier molecular flexibility index (Phi) is 5.81. The third kappa shape index (κ3) is 5.39. The van der Waals surface area contributed by atoms with Gasteiger partial charge in [-0.05, 0) is 17.7 Å². The molecule has 104 valence electrons. The first-order valence-corrected chi connectivity index (χ1v) is 5.81. The van der Waals surface area contributed by atoms with Gasteiger partial charge in [-0.15, -0.1) is 0 Å². The van der Waals surface area contributed by atoms with Crippen LogP contribution in [0.15, 0.2) is 24.3 Å². The van der Waals surface area contributed by atoms with Gasteiger partial charge in [0, 0.05) is 13.1 Å². The molecule has 0 heterocycles. The van der Waals surface area contributed by atoms with Crippen LogP contribution < -0.4 is 10.1 Å². The summed E-state index contributed by atoms with van der Waals surface area (Å²) in [6.45, 7) is 0.569.